The largest absolute Gasteiger partial charge is 0.310 e. The Morgan fingerprint density at radius 1 is 1.16 bits per heavy atom. The van der Waals surface area contributed by atoms with Gasteiger partial charge in [-0.25, -0.2) is 14.6 Å². The minimum atomic E-state index is -0.0738. The van der Waals surface area contributed by atoms with Gasteiger partial charge in [-0.2, -0.15) is 5.10 Å². The lowest BCUT2D eigenvalue weighted by Gasteiger charge is -2.15. The first kappa shape index (κ1) is 18.7. The van der Waals surface area contributed by atoms with Crippen LogP contribution in [0.15, 0.2) is 41.6 Å². The maximum atomic E-state index is 12.8. The van der Waals surface area contributed by atoms with E-state index in [0.717, 1.165) is 55.3 Å². The number of aromatic nitrogens is 6. The number of nitrogens with zero attached hydrogens (tertiary/aromatic N) is 6. The fraction of sp³-hybridized carbons (Fsp3) is 0.478. The molecule has 0 bridgehead atoms. The van der Waals surface area contributed by atoms with Crippen molar-refractivity contribution in [2.45, 2.75) is 51.1 Å². The van der Waals surface area contributed by atoms with Crippen molar-refractivity contribution in [1.82, 2.24) is 34.0 Å². The molecule has 1 saturated carbocycles. The summed E-state index contributed by atoms with van der Waals surface area (Å²) in [4.78, 5) is 28.0. The van der Waals surface area contributed by atoms with Gasteiger partial charge < -0.3 is 9.38 Å². The molecule has 1 aliphatic carbocycles. The summed E-state index contributed by atoms with van der Waals surface area (Å²) < 4.78 is 4.05. The highest BCUT2D eigenvalue weighted by molar-refractivity contribution is 5.73. The maximum absolute atomic E-state index is 12.8. The minimum absolute atomic E-state index is 0.0738. The van der Waals surface area contributed by atoms with Crippen LogP contribution in [0.5, 0.6) is 0 Å². The molecule has 0 unspecified atom stereocenters. The van der Waals surface area contributed by atoms with Gasteiger partial charge >= 0.3 is 0 Å². The number of nitrogens with one attached hydrogen (secondary N) is 1. The van der Waals surface area contributed by atoms with Crippen LogP contribution >= 0.6 is 0 Å². The van der Waals surface area contributed by atoms with Gasteiger partial charge in [-0.15, -0.1) is 0 Å². The van der Waals surface area contributed by atoms with Crippen molar-refractivity contribution >= 4 is 16.7 Å². The lowest BCUT2D eigenvalue weighted by atomic mass is 9.97. The molecule has 1 saturated heterocycles. The Morgan fingerprint density at radius 3 is 2.87 bits per heavy atom. The van der Waals surface area contributed by atoms with E-state index < -0.39 is 0 Å². The van der Waals surface area contributed by atoms with E-state index in [4.69, 9.17) is 9.97 Å². The van der Waals surface area contributed by atoms with E-state index in [9.17, 15) is 4.79 Å². The molecule has 0 spiro atoms. The normalized spacial score (nSPS) is 22.9. The monoisotopic (exact) mass is 417 g/mol. The number of H-pyrrole nitrogens is 1. The zero-order chi connectivity index (χ0) is 20.9. The molecule has 6 rings (SSSR count). The fourth-order valence-corrected chi connectivity index (χ4v) is 5.39. The SMILES string of the molecule is C[C@@H]1CN(Cc2cn3ccccc3n2)C[C@H]1c1nc2c(cnn2C2CCCC2)c(=O)[nH]1. The molecule has 160 valence electrons. The van der Waals surface area contributed by atoms with Crippen molar-refractivity contribution in [1.29, 1.82) is 0 Å². The van der Waals surface area contributed by atoms with Crippen LogP contribution in [-0.4, -0.2) is 47.1 Å². The number of hydrogen-bond donors (Lipinski definition) is 1. The first-order valence-electron chi connectivity index (χ1n) is 11.3. The van der Waals surface area contributed by atoms with Gasteiger partial charge in [0.2, 0.25) is 0 Å². The molecule has 4 aromatic rings. The molecule has 2 aliphatic rings. The minimum Gasteiger partial charge on any atom is -0.310 e. The topological polar surface area (TPSA) is 84.1 Å². The van der Waals surface area contributed by atoms with E-state index >= 15 is 0 Å². The third kappa shape index (κ3) is 3.26. The Hall–Kier alpha value is -3.00. The van der Waals surface area contributed by atoms with Gasteiger partial charge in [-0.1, -0.05) is 25.8 Å². The molecule has 8 heteroatoms. The van der Waals surface area contributed by atoms with E-state index in [1.165, 1.54) is 12.8 Å². The van der Waals surface area contributed by atoms with Crippen molar-refractivity contribution in [3.63, 3.8) is 0 Å². The molecule has 0 aromatic carbocycles. The van der Waals surface area contributed by atoms with Crippen molar-refractivity contribution < 1.29 is 0 Å². The number of aromatic amines is 1. The number of pyridine rings is 1. The summed E-state index contributed by atoms with van der Waals surface area (Å²) >= 11 is 0. The van der Waals surface area contributed by atoms with Gasteiger partial charge in [0.15, 0.2) is 5.65 Å². The van der Waals surface area contributed by atoms with Crippen LogP contribution in [0.3, 0.4) is 0 Å². The van der Waals surface area contributed by atoms with Gasteiger partial charge in [0.25, 0.3) is 5.56 Å². The highest BCUT2D eigenvalue weighted by Crippen LogP contribution is 2.33. The lowest BCUT2D eigenvalue weighted by molar-refractivity contribution is 0.315. The smallest absolute Gasteiger partial charge is 0.262 e. The summed E-state index contributed by atoms with van der Waals surface area (Å²) in [5.41, 5.74) is 2.71. The van der Waals surface area contributed by atoms with Crippen molar-refractivity contribution in [3.05, 3.63) is 58.7 Å². The Morgan fingerprint density at radius 2 is 2.03 bits per heavy atom. The average molecular weight is 418 g/mol. The zero-order valence-electron chi connectivity index (χ0n) is 17.7. The fourth-order valence-electron chi connectivity index (χ4n) is 5.39. The number of rotatable bonds is 4. The summed E-state index contributed by atoms with van der Waals surface area (Å²) in [6.45, 7) is 4.87. The van der Waals surface area contributed by atoms with E-state index in [-0.39, 0.29) is 11.5 Å². The summed E-state index contributed by atoms with van der Waals surface area (Å²) in [7, 11) is 0. The third-order valence-electron chi connectivity index (χ3n) is 6.99. The first-order valence-corrected chi connectivity index (χ1v) is 11.3. The standard InChI is InChI=1S/C23H27N7O/c1-15-11-28(12-16-13-29-9-5-4-8-20(29)25-16)14-19(15)21-26-22-18(23(31)27-21)10-24-30(22)17-6-2-3-7-17/h4-5,8-10,13,15,17,19H,2-3,6-7,11-12,14H2,1H3,(H,26,27,31)/t15-,19-/m1/s1. The lowest BCUT2D eigenvalue weighted by Crippen LogP contribution is -2.22. The molecule has 1 N–H and O–H groups in total. The second-order valence-corrected chi connectivity index (χ2v) is 9.19. The predicted octanol–water partition coefficient (Wildman–Crippen LogP) is 3.12. The highest BCUT2D eigenvalue weighted by atomic mass is 16.1. The number of imidazole rings is 1. The van der Waals surface area contributed by atoms with Crippen LogP contribution in [0.2, 0.25) is 0 Å². The van der Waals surface area contributed by atoms with Crippen LogP contribution in [0.25, 0.3) is 16.7 Å². The molecule has 31 heavy (non-hydrogen) atoms. The van der Waals surface area contributed by atoms with Crippen molar-refractivity contribution in [2.24, 2.45) is 5.92 Å². The summed E-state index contributed by atoms with van der Waals surface area (Å²) in [6, 6.07) is 6.42. The quantitative estimate of drug-likeness (QED) is 0.552. The van der Waals surface area contributed by atoms with Crippen molar-refractivity contribution in [2.75, 3.05) is 13.1 Å². The Balaban J connectivity index is 1.27. The molecule has 2 atom stereocenters. The number of hydrogen-bond acceptors (Lipinski definition) is 5. The van der Waals surface area contributed by atoms with Crippen LogP contribution in [-0.2, 0) is 6.54 Å². The first-order chi connectivity index (χ1) is 15.2. The van der Waals surface area contributed by atoms with Crippen LogP contribution < -0.4 is 5.56 Å². The molecule has 0 amide bonds. The van der Waals surface area contributed by atoms with E-state index in [1.54, 1.807) is 6.20 Å². The number of likely N-dealkylation sites (tertiary alicyclic amines) is 1. The van der Waals surface area contributed by atoms with Gasteiger partial charge in [-0.05, 0) is 30.9 Å². The van der Waals surface area contributed by atoms with Gasteiger partial charge in [0.05, 0.1) is 17.9 Å². The summed E-state index contributed by atoms with van der Waals surface area (Å²) in [5.74, 6) is 1.39. The third-order valence-corrected chi connectivity index (χ3v) is 6.99. The molecule has 1 aliphatic heterocycles. The van der Waals surface area contributed by atoms with E-state index in [1.807, 2.05) is 29.1 Å². The van der Waals surface area contributed by atoms with Crippen LogP contribution in [0.1, 0.15) is 56.1 Å². The highest BCUT2D eigenvalue weighted by Gasteiger charge is 2.33. The number of fused-ring (bicyclic) bond motifs is 2. The Labute approximate surface area is 179 Å². The molecule has 8 nitrogen and oxygen atoms in total. The Bertz CT molecular complexity index is 1260. The molecule has 2 fully saturated rings. The second kappa shape index (κ2) is 7.30. The molecular weight excluding hydrogens is 390 g/mol. The average Bonchev–Trinajstić information content (AvgIpc) is 3.53. The van der Waals surface area contributed by atoms with Gasteiger partial charge in [0, 0.05) is 37.9 Å². The zero-order valence-corrected chi connectivity index (χ0v) is 17.7. The van der Waals surface area contributed by atoms with Gasteiger partial charge in [-0.3, -0.25) is 9.69 Å². The van der Waals surface area contributed by atoms with E-state index in [2.05, 4.69) is 32.5 Å². The molecule has 5 heterocycles. The molecule has 4 aromatic heterocycles. The van der Waals surface area contributed by atoms with E-state index in [0.29, 0.717) is 17.3 Å². The second-order valence-electron chi connectivity index (χ2n) is 9.19. The van der Waals surface area contributed by atoms with Gasteiger partial charge in [0.1, 0.15) is 16.9 Å². The molecular formula is C23H27N7O. The van der Waals surface area contributed by atoms with Crippen LogP contribution in [0, 0.1) is 5.92 Å². The maximum Gasteiger partial charge on any atom is 0.262 e. The Kier molecular flexibility index (Phi) is 4.41. The van der Waals surface area contributed by atoms with Crippen molar-refractivity contribution in [3.8, 4) is 0 Å². The summed E-state index contributed by atoms with van der Waals surface area (Å²) in [5, 5.41) is 5.13. The predicted molar refractivity (Wildman–Crippen MR) is 118 cm³/mol. The van der Waals surface area contributed by atoms with Crippen LogP contribution in [0.4, 0.5) is 0 Å². The molecule has 0 radical (unpaired) electrons. The summed E-state index contributed by atoms with van der Waals surface area (Å²) in [6.07, 6.45) is 10.5.